The van der Waals surface area contributed by atoms with Crippen molar-refractivity contribution in [2.45, 2.75) is 51.6 Å². The molecule has 4 heteroatoms. The number of hydrogen-bond acceptors (Lipinski definition) is 0. The fourth-order valence-corrected chi connectivity index (χ4v) is 19.0. The first-order chi connectivity index (χ1) is 29.1. The van der Waals surface area contributed by atoms with Crippen LogP contribution >= 0.6 is 0 Å². The number of fused-ring (bicyclic) bond motifs is 9. The highest BCUT2D eigenvalue weighted by atomic mass is 28.3. The summed E-state index contributed by atoms with van der Waals surface area (Å²) in [5.41, 5.74) is 12.4. The molecule has 0 fully saturated rings. The molecule has 0 saturated heterocycles. The first-order valence-corrected chi connectivity index (χ1v) is 23.2. The Kier molecular flexibility index (Phi) is 8.01. The van der Waals surface area contributed by atoms with E-state index in [0.717, 1.165) is 5.69 Å². The second kappa shape index (κ2) is 13.2. The summed E-state index contributed by atoms with van der Waals surface area (Å²) >= 11 is 0. The van der Waals surface area contributed by atoms with Gasteiger partial charge in [-0.3, -0.25) is 0 Å². The highest BCUT2D eigenvalue weighted by Crippen LogP contribution is 2.55. The summed E-state index contributed by atoms with van der Waals surface area (Å²) in [6.07, 6.45) is 0. The lowest BCUT2D eigenvalue weighted by atomic mass is 10.0. The van der Waals surface area contributed by atoms with Gasteiger partial charge in [-0.25, -0.2) is 0 Å². The van der Waals surface area contributed by atoms with Crippen molar-refractivity contribution in [3.63, 3.8) is 0 Å². The molecular weight excluding hydrogens is 743 g/mol. The van der Waals surface area contributed by atoms with Gasteiger partial charge in [0.25, 0.3) is 0 Å². The molecule has 0 spiro atoms. The molecule has 11 rings (SSSR count). The van der Waals surface area contributed by atoms with Crippen molar-refractivity contribution in [2.24, 2.45) is 0 Å². The largest absolute Gasteiger partial charge is 0.362 e. The first kappa shape index (κ1) is 36.5. The highest BCUT2D eigenvalue weighted by Gasteiger charge is 2.59. The summed E-state index contributed by atoms with van der Waals surface area (Å²) in [6.45, 7) is 15.1. The van der Waals surface area contributed by atoms with Gasteiger partial charge in [0.05, 0.1) is 27.8 Å². The van der Waals surface area contributed by atoms with Crippen LogP contribution < -0.4 is 5.19 Å². The zero-order chi connectivity index (χ0) is 41.0. The van der Waals surface area contributed by atoms with Crippen molar-refractivity contribution in [3.8, 4) is 22.5 Å². The average Bonchev–Trinajstić information content (AvgIpc) is 3.89. The Morgan fingerprint density at radius 2 is 0.767 bits per heavy atom. The van der Waals surface area contributed by atoms with E-state index in [-0.39, 0.29) is 10.1 Å². The number of benzene rings is 8. The summed E-state index contributed by atoms with van der Waals surface area (Å²) in [5, 5.41) is 8.83. The Labute approximate surface area is 352 Å². The van der Waals surface area contributed by atoms with Crippen LogP contribution in [0.3, 0.4) is 0 Å². The standard InChI is InChI=1S/C56H49N3Si/c1-55(2,3)60(56(4,5)6,59-51-32-18-13-25-43(51)44-26-14-19-33-52(44)59)53-34-20-28-40(38-21-8-7-9-22-38)54(53)58-49-31-17-12-27-45(49)46-37-39(35-36-50(46)58)57-47-29-15-10-23-41(47)42-24-11-16-30-48(42)57/h7-37H,1-6H3. The Hall–Kier alpha value is -6.62. The fourth-order valence-electron chi connectivity index (χ4n) is 11.5. The second-order valence-corrected chi connectivity index (χ2v) is 24.0. The number of aromatic nitrogens is 3. The molecule has 0 atom stereocenters. The minimum atomic E-state index is -2.99. The lowest BCUT2D eigenvalue weighted by Crippen LogP contribution is -2.67. The van der Waals surface area contributed by atoms with E-state index < -0.39 is 8.24 Å². The lowest BCUT2D eigenvalue weighted by Gasteiger charge is -2.54. The molecule has 11 aromatic rings. The molecule has 0 bridgehead atoms. The summed E-state index contributed by atoms with van der Waals surface area (Å²) < 4.78 is 7.93. The van der Waals surface area contributed by atoms with Crippen LogP contribution in [-0.4, -0.2) is 21.6 Å². The van der Waals surface area contributed by atoms with Gasteiger partial charge in [0, 0.05) is 54.6 Å². The van der Waals surface area contributed by atoms with Crippen LogP contribution in [0.15, 0.2) is 188 Å². The van der Waals surface area contributed by atoms with E-state index in [2.05, 4.69) is 243 Å². The maximum absolute atomic E-state index is 2.99. The van der Waals surface area contributed by atoms with Crippen molar-refractivity contribution in [2.75, 3.05) is 0 Å². The van der Waals surface area contributed by atoms with Crippen LogP contribution in [0.2, 0.25) is 10.1 Å². The molecule has 3 heterocycles. The van der Waals surface area contributed by atoms with E-state index in [1.165, 1.54) is 87.4 Å². The zero-order valence-electron chi connectivity index (χ0n) is 35.2. The van der Waals surface area contributed by atoms with Crippen LogP contribution in [0.5, 0.6) is 0 Å². The Balaban J connectivity index is 1.31. The third-order valence-electron chi connectivity index (χ3n) is 13.3. The fraction of sp³-hybridized carbons (Fsp3) is 0.143. The minimum absolute atomic E-state index is 0.137. The Bertz CT molecular complexity index is 3340. The van der Waals surface area contributed by atoms with E-state index >= 15 is 0 Å². The number of rotatable bonds is 5. The molecule has 8 aromatic carbocycles. The molecule has 3 nitrogen and oxygen atoms in total. The van der Waals surface area contributed by atoms with Crippen LogP contribution in [-0.2, 0) is 0 Å². The van der Waals surface area contributed by atoms with Gasteiger partial charge in [0.15, 0.2) is 0 Å². The molecule has 0 radical (unpaired) electrons. The maximum atomic E-state index is 2.86. The highest BCUT2D eigenvalue weighted by molar-refractivity contribution is 6.97. The van der Waals surface area contributed by atoms with Gasteiger partial charge in [-0.05, 0) is 69.4 Å². The molecule has 60 heavy (non-hydrogen) atoms. The number of para-hydroxylation sites is 6. The smallest absolute Gasteiger partial charge is 0.206 e. The van der Waals surface area contributed by atoms with Gasteiger partial charge in [-0.2, -0.15) is 0 Å². The molecule has 0 aliphatic carbocycles. The average molecular weight is 792 g/mol. The van der Waals surface area contributed by atoms with Crippen molar-refractivity contribution in [1.29, 1.82) is 0 Å². The molecule has 0 N–H and O–H groups in total. The molecule has 0 aliphatic heterocycles. The summed E-state index contributed by atoms with van der Waals surface area (Å²) in [7, 11) is -2.99. The van der Waals surface area contributed by atoms with E-state index in [9.17, 15) is 0 Å². The summed E-state index contributed by atoms with van der Waals surface area (Å²) in [5.74, 6) is 0. The molecule has 0 saturated carbocycles. The van der Waals surface area contributed by atoms with E-state index in [1.54, 1.807) is 0 Å². The molecule has 0 aliphatic rings. The van der Waals surface area contributed by atoms with E-state index in [0.29, 0.717) is 0 Å². The van der Waals surface area contributed by atoms with Crippen molar-refractivity contribution >= 4 is 78.8 Å². The van der Waals surface area contributed by atoms with Crippen LogP contribution in [0.25, 0.3) is 87.9 Å². The van der Waals surface area contributed by atoms with E-state index in [1.807, 2.05) is 0 Å². The third-order valence-corrected chi connectivity index (χ3v) is 20.0. The monoisotopic (exact) mass is 791 g/mol. The van der Waals surface area contributed by atoms with Gasteiger partial charge < -0.3 is 13.4 Å². The number of hydrogen-bond donors (Lipinski definition) is 0. The first-order valence-electron chi connectivity index (χ1n) is 21.3. The molecule has 0 amide bonds. The van der Waals surface area contributed by atoms with Gasteiger partial charge in [0.1, 0.15) is 0 Å². The lowest BCUT2D eigenvalue weighted by molar-refractivity contribution is 0.608. The number of nitrogens with zero attached hydrogens (tertiary/aromatic N) is 3. The molecular formula is C56H49N3Si. The van der Waals surface area contributed by atoms with Gasteiger partial charge in [-0.15, -0.1) is 0 Å². The SMILES string of the molecule is CC(C)(C)[Si](c1cccc(-c2ccccc2)c1-n1c2ccccc2c2cc(-n3c4ccccc4c4ccccc43)ccc21)(n1c2ccccc2c2ccccc21)C(C)(C)C. The van der Waals surface area contributed by atoms with Crippen molar-refractivity contribution < 1.29 is 0 Å². The second-order valence-electron chi connectivity index (χ2n) is 18.6. The van der Waals surface area contributed by atoms with Crippen LogP contribution in [0, 0.1) is 0 Å². The van der Waals surface area contributed by atoms with Crippen molar-refractivity contribution in [1.82, 2.24) is 13.4 Å². The normalized spacial score (nSPS) is 12.8. The Morgan fingerprint density at radius 3 is 1.28 bits per heavy atom. The topological polar surface area (TPSA) is 14.8 Å². The van der Waals surface area contributed by atoms with Gasteiger partial charge in [0.2, 0.25) is 8.24 Å². The zero-order valence-corrected chi connectivity index (χ0v) is 36.2. The van der Waals surface area contributed by atoms with Crippen LogP contribution in [0.1, 0.15) is 41.5 Å². The predicted octanol–water partition coefficient (Wildman–Crippen LogP) is 15.0. The summed E-state index contributed by atoms with van der Waals surface area (Å²) in [6, 6.07) is 70.3. The quantitative estimate of drug-likeness (QED) is 0.154. The molecule has 292 valence electrons. The minimum Gasteiger partial charge on any atom is -0.362 e. The van der Waals surface area contributed by atoms with E-state index in [4.69, 9.17) is 0 Å². The van der Waals surface area contributed by atoms with Crippen LogP contribution in [0.4, 0.5) is 0 Å². The van der Waals surface area contributed by atoms with Crippen molar-refractivity contribution in [3.05, 3.63) is 188 Å². The molecule has 0 unspecified atom stereocenters. The van der Waals surface area contributed by atoms with Gasteiger partial charge >= 0.3 is 0 Å². The summed E-state index contributed by atoms with van der Waals surface area (Å²) in [4.78, 5) is 0. The van der Waals surface area contributed by atoms with Gasteiger partial charge in [-0.1, -0.05) is 181 Å². The maximum Gasteiger partial charge on any atom is 0.206 e. The molecule has 3 aromatic heterocycles. The third kappa shape index (κ3) is 5.01. The predicted molar refractivity (Wildman–Crippen MR) is 260 cm³/mol. The Morgan fingerprint density at radius 1 is 0.350 bits per heavy atom.